The van der Waals surface area contributed by atoms with E-state index in [1.54, 1.807) is 13.8 Å². The molecule has 0 saturated heterocycles. The number of urea groups is 1. The highest BCUT2D eigenvalue weighted by atomic mass is 19.1. The number of aliphatic hydroxyl groups is 1. The van der Waals surface area contributed by atoms with Gasteiger partial charge in [0.1, 0.15) is 11.4 Å². The van der Waals surface area contributed by atoms with Crippen LogP contribution in [-0.4, -0.2) is 46.3 Å². The summed E-state index contributed by atoms with van der Waals surface area (Å²) in [4.78, 5) is 24.3. The Bertz CT molecular complexity index is 505. The molecule has 0 aliphatic rings. The van der Waals surface area contributed by atoms with Crippen molar-refractivity contribution in [1.29, 1.82) is 0 Å². The molecule has 3 N–H and O–H groups in total. The van der Waals surface area contributed by atoms with Crippen LogP contribution in [-0.2, 0) is 0 Å². The Hall–Kier alpha value is -2.15. The maximum Gasteiger partial charge on any atom is 0.340 e. The number of nitrogens with one attached hydrogen (secondary N) is 1. The van der Waals surface area contributed by atoms with E-state index >= 15 is 0 Å². The van der Waals surface area contributed by atoms with Crippen molar-refractivity contribution in [2.24, 2.45) is 0 Å². The van der Waals surface area contributed by atoms with Crippen LogP contribution in [0, 0.1) is 5.82 Å². The van der Waals surface area contributed by atoms with Gasteiger partial charge in [-0.15, -0.1) is 0 Å². The van der Waals surface area contributed by atoms with Crippen molar-refractivity contribution in [2.75, 3.05) is 18.5 Å². The molecule has 0 aliphatic heterocycles. The third kappa shape index (κ3) is 3.67. The molecule has 0 atom stereocenters. The van der Waals surface area contributed by atoms with Crippen LogP contribution in [0.2, 0.25) is 0 Å². The van der Waals surface area contributed by atoms with Gasteiger partial charge in [0.15, 0.2) is 0 Å². The lowest BCUT2D eigenvalue weighted by Crippen LogP contribution is -2.42. The summed E-state index contributed by atoms with van der Waals surface area (Å²) < 4.78 is 13.5. The minimum atomic E-state index is -1.46. The number of carbonyl (C=O) groups is 2. The van der Waals surface area contributed by atoms with Crippen LogP contribution in [0.15, 0.2) is 18.2 Å². The fraction of sp³-hybridized carbons (Fsp3) is 0.385. The topological polar surface area (TPSA) is 89.9 Å². The molecule has 0 radical (unpaired) electrons. The molecule has 0 spiro atoms. The zero-order chi connectivity index (χ0) is 15.3. The maximum absolute atomic E-state index is 13.5. The average molecular weight is 284 g/mol. The standard InChI is InChI=1S/C13H17FN2O4/c1-8(2)16(6-7-17)13(20)15-10-5-3-4-9(14)11(10)12(18)19/h3-5,8,17H,6-7H2,1-2H3,(H,15,20)(H,18,19). The number of hydrogen-bond donors (Lipinski definition) is 3. The zero-order valence-corrected chi connectivity index (χ0v) is 11.3. The second-order valence-corrected chi connectivity index (χ2v) is 4.41. The Balaban J connectivity index is 3.01. The number of rotatable bonds is 5. The molecule has 2 amide bonds. The van der Waals surface area contributed by atoms with Crippen LogP contribution >= 0.6 is 0 Å². The highest BCUT2D eigenvalue weighted by molar-refractivity contribution is 6.00. The number of halogens is 1. The van der Waals surface area contributed by atoms with Crippen molar-refractivity contribution in [3.05, 3.63) is 29.6 Å². The van der Waals surface area contributed by atoms with E-state index in [9.17, 15) is 14.0 Å². The molecule has 0 saturated carbocycles. The number of amides is 2. The second-order valence-electron chi connectivity index (χ2n) is 4.41. The van der Waals surface area contributed by atoms with Gasteiger partial charge in [-0.25, -0.2) is 14.0 Å². The van der Waals surface area contributed by atoms with Gasteiger partial charge in [0.25, 0.3) is 0 Å². The predicted octanol–water partition coefficient (Wildman–Crippen LogP) is 1.76. The van der Waals surface area contributed by atoms with Crippen LogP contribution in [0.3, 0.4) is 0 Å². The van der Waals surface area contributed by atoms with E-state index in [4.69, 9.17) is 10.2 Å². The predicted molar refractivity (Wildman–Crippen MR) is 71.3 cm³/mol. The molecular weight excluding hydrogens is 267 g/mol. The van der Waals surface area contributed by atoms with E-state index in [1.807, 2.05) is 0 Å². The largest absolute Gasteiger partial charge is 0.478 e. The first-order valence-electron chi connectivity index (χ1n) is 6.08. The quantitative estimate of drug-likeness (QED) is 0.768. The monoisotopic (exact) mass is 284 g/mol. The molecular formula is C13H17FN2O4. The first-order valence-corrected chi connectivity index (χ1v) is 6.08. The van der Waals surface area contributed by atoms with Gasteiger partial charge in [-0.1, -0.05) is 6.07 Å². The minimum absolute atomic E-state index is 0.0984. The van der Waals surface area contributed by atoms with Gasteiger partial charge in [-0.3, -0.25) is 0 Å². The van der Waals surface area contributed by atoms with Crippen LogP contribution in [0.1, 0.15) is 24.2 Å². The number of aromatic carboxylic acids is 1. The second kappa shape index (κ2) is 6.85. The molecule has 6 nitrogen and oxygen atoms in total. The molecule has 20 heavy (non-hydrogen) atoms. The van der Waals surface area contributed by atoms with Crippen molar-refractivity contribution in [3.63, 3.8) is 0 Å². The lowest BCUT2D eigenvalue weighted by atomic mass is 10.1. The fourth-order valence-corrected chi connectivity index (χ4v) is 1.73. The summed E-state index contributed by atoms with van der Waals surface area (Å²) in [5, 5.41) is 20.2. The van der Waals surface area contributed by atoms with Gasteiger partial charge in [-0.05, 0) is 26.0 Å². The lowest BCUT2D eigenvalue weighted by molar-refractivity contribution is 0.0693. The Morgan fingerprint density at radius 2 is 2.05 bits per heavy atom. The smallest absolute Gasteiger partial charge is 0.340 e. The highest BCUT2D eigenvalue weighted by Gasteiger charge is 2.21. The molecule has 1 rings (SSSR count). The van der Waals surface area contributed by atoms with Crippen LogP contribution in [0.4, 0.5) is 14.9 Å². The number of carbonyl (C=O) groups excluding carboxylic acids is 1. The summed E-state index contributed by atoms with van der Waals surface area (Å²) in [6.07, 6.45) is 0. The van der Waals surface area contributed by atoms with Gasteiger partial charge < -0.3 is 20.4 Å². The molecule has 0 aromatic heterocycles. The summed E-state index contributed by atoms with van der Waals surface area (Å²) in [6.45, 7) is 3.37. The van der Waals surface area contributed by atoms with E-state index in [1.165, 1.54) is 17.0 Å². The number of aliphatic hydroxyl groups excluding tert-OH is 1. The number of nitrogens with zero attached hydrogens (tertiary/aromatic N) is 1. The van der Waals surface area contributed by atoms with Crippen molar-refractivity contribution in [3.8, 4) is 0 Å². The van der Waals surface area contributed by atoms with Gasteiger partial charge in [-0.2, -0.15) is 0 Å². The van der Waals surface area contributed by atoms with Gasteiger partial charge in [0, 0.05) is 12.6 Å². The molecule has 7 heteroatoms. The highest BCUT2D eigenvalue weighted by Crippen LogP contribution is 2.19. The first-order chi connectivity index (χ1) is 9.38. The number of anilines is 1. The summed E-state index contributed by atoms with van der Waals surface area (Å²) >= 11 is 0. The van der Waals surface area contributed by atoms with E-state index < -0.39 is 23.4 Å². The van der Waals surface area contributed by atoms with Crippen molar-refractivity contribution in [2.45, 2.75) is 19.9 Å². The first kappa shape index (κ1) is 15.9. The Morgan fingerprint density at radius 3 is 2.55 bits per heavy atom. The average Bonchev–Trinajstić information content (AvgIpc) is 2.34. The van der Waals surface area contributed by atoms with Gasteiger partial charge >= 0.3 is 12.0 Å². The molecule has 0 aliphatic carbocycles. The minimum Gasteiger partial charge on any atom is -0.478 e. The number of hydrogen-bond acceptors (Lipinski definition) is 3. The molecule has 0 fully saturated rings. The van der Waals surface area contributed by atoms with Gasteiger partial charge in [0.2, 0.25) is 0 Å². The third-order valence-corrected chi connectivity index (χ3v) is 2.69. The molecule has 110 valence electrons. The molecule has 0 bridgehead atoms. The number of benzene rings is 1. The lowest BCUT2D eigenvalue weighted by Gasteiger charge is -2.26. The molecule has 0 unspecified atom stereocenters. The van der Waals surface area contributed by atoms with E-state index in [2.05, 4.69) is 5.32 Å². The Labute approximate surface area is 115 Å². The van der Waals surface area contributed by atoms with E-state index in [0.29, 0.717) is 0 Å². The Kier molecular flexibility index (Phi) is 5.45. The SMILES string of the molecule is CC(C)N(CCO)C(=O)Nc1cccc(F)c1C(=O)O. The van der Waals surface area contributed by atoms with Gasteiger partial charge in [0.05, 0.1) is 12.3 Å². The van der Waals surface area contributed by atoms with Crippen LogP contribution in [0.25, 0.3) is 0 Å². The molecule has 1 aromatic carbocycles. The van der Waals surface area contributed by atoms with E-state index in [0.717, 1.165) is 6.07 Å². The third-order valence-electron chi connectivity index (χ3n) is 2.69. The summed E-state index contributed by atoms with van der Waals surface area (Å²) in [5.74, 6) is -2.38. The summed E-state index contributed by atoms with van der Waals surface area (Å²) in [6, 6.07) is 2.84. The van der Waals surface area contributed by atoms with Crippen LogP contribution in [0.5, 0.6) is 0 Å². The maximum atomic E-state index is 13.5. The summed E-state index contributed by atoms with van der Waals surface area (Å²) in [5.41, 5.74) is -0.709. The molecule has 0 heterocycles. The zero-order valence-electron chi connectivity index (χ0n) is 11.3. The molecule has 1 aromatic rings. The van der Waals surface area contributed by atoms with Crippen molar-refractivity contribution >= 4 is 17.7 Å². The normalized spacial score (nSPS) is 10.4. The fourth-order valence-electron chi connectivity index (χ4n) is 1.73. The van der Waals surface area contributed by atoms with Crippen molar-refractivity contribution < 1.29 is 24.2 Å². The van der Waals surface area contributed by atoms with E-state index in [-0.39, 0.29) is 24.9 Å². The Morgan fingerprint density at radius 1 is 1.40 bits per heavy atom. The van der Waals surface area contributed by atoms with Crippen LogP contribution < -0.4 is 5.32 Å². The number of carboxylic acid groups (broad SMARTS) is 1. The van der Waals surface area contributed by atoms with Crippen molar-refractivity contribution in [1.82, 2.24) is 4.90 Å². The number of carboxylic acids is 1. The summed E-state index contributed by atoms with van der Waals surface area (Å²) in [7, 11) is 0.